The van der Waals surface area contributed by atoms with Gasteiger partial charge in [0.15, 0.2) is 0 Å². The van der Waals surface area contributed by atoms with E-state index in [-0.39, 0.29) is 0 Å². The molecule has 4 aromatic rings. The fraction of sp³-hybridized carbons (Fsp3) is 0.459. The van der Waals surface area contributed by atoms with E-state index in [2.05, 4.69) is 41.2 Å². The summed E-state index contributed by atoms with van der Waals surface area (Å²) in [6.45, 7) is 5.34. The Balaban J connectivity index is 0.860. The second-order valence-electron chi connectivity index (χ2n) is 12.7. The van der Waals surface area contributed by atoms with Gasteiger partial charge in [-0.25, -0.2) is 9.97 Å². The van der Waals surface area contributed by atoms with Crippen molar-refractivity contribution in [3.05, 3.63) is 72.1 Å². The van der Waals surface area contributed by atoms with Crippen molar-refractivity contribution in [1.82, 2.24) is 19.9 Å². The van der Waals surface area contributed by atoms with Crippen molar-refractivity contribution < 1.29 is 9.47 Å². The van der Waals surface area contributed by atoms with Crippen LogP contribution in [0.3, 0.4) is 0 Å². The van der Waals surface area contributed by atoms with Crippen LogP contribution < -0.4 is 30.7 Å². The van der Waals surface area contributed by atoms with Crippen molar-refractivity contribution >= 4 is 34.9 Å². The molecule has 10 heteroatoms. The van der Waals surface area contributed by atoms with Gasteiger partial charge in [-0.3, -0.25) is 0 Å². The summed E-state index contributed by atoms with van der Waals surface area (Å²) in [6.07, 6.45) is 12.9. The average Bonchev–Trinajstić information content (AvgIpc) is 3.76. The number of aromatic nitrogens is 4. The summed E-state index contributed by atoms with van der Waals surface area (Å²) in [5, 5.41) is 13.8. The molecule has 6 rings (SSSR count). The highest BCUT2D eigenvalue weighted by Crippen LogP contribution is 2.25. The van der Waals surface area contributed by atoms with E-state index in [1.807, 2.05) is 74.5 Å². The summed E-state index contributed by atoms with van der Waals surface area (Å²) in [5.74, 6) is 4.69. The minimum Gasteiger partial charge on any atom is -0.494 e. The number of benzene rings is 2. The Morgan fingerprint density at radius 2 is 0.957 bits per heavy atom. The molecule has 2 aromatic heterocycles. The first-order valence-electron chi connectivity index (χ1n) is 17.3. The normalized spacial score (nSPS) is 15.0. The van der Waals surface area contributed by atoms with Gasteiger partial charge < -0.3 is 30.7 Å². The van der Waals surface area contributed by atoms with Gasteiger partial charge in [0.1, 0.15) is 23.1 Å². The molecule has 2 aliphatic carbocycles. The number of ether oxygens (including phenoxy) is 2. The van der Waals surface area contributed by atoms with Crippen molar-refractivity contribution in [3.63, 3.8) is 0 Å². The number of hydrogen-bond donors (Lipinski definition) is 4. The van der Waals surface area contributed by atoms with E-state index in [0.29, 0.717) is 37.2 Å². The maximum atomic E-state index is 5.97. The largest absolute Gasteiger partial charge is 0.494 e. The van der Waals surface area contributed by atoms with Crippen LogP contribution in [0.15, 0.2) is 60.7 Å². The number of hydrogen-bond acceptors (Lipinski definition) is 10. The van der Waals surface area contributed by atoms with Crippen LogP contribution >= 0.6 is 0 Å². The molecule has 2 aromatic carbocycles. The quantitative estimate of drug-likeness (QED) is 0.0889. The first-order chi connectivity index (χ1) is 23.0. The predicted octanol–water partition coefficient (Wildman–Crippen LogP) is 8.71. The molecule has 0 saturated heterocycles. The molecule has 0 bridgehead atoms. The van der Waals surface area contributed by atoms with E-state index < -0.39 is 0 Å². The molecule has 2 fully saturated rings. The van der Waals surface area contributed by atoms with Gasteiger partial charge in [0, 0.05) is 47.0 Å². The summed E-state index contributed by atoms with van der Waals surface area (Å²) in [6, 6.07) is 21.0. The van der Waals surface area contributed by atoms with Gasteiger partial charge in [0.05, 0.1) is 13.2 Å². The van der Waals surface area contributed by atoms with Crippen LogP contribution in [-0.2, 0) is 0 Å². The fourth-order valence-electron chi connectivity index (χ4n) is 6.24. The Kier molecular flexibility index (Phi) is 11.2. The monoisotopic (exact) mass is 636 g/mol. The van der Waals surface area contributed by atoms with Crippen LogP contribution in [0.4, 0.5) is 34.9 Å². The Bertz CT molecular complexity index is 1440. The van der Waals surface area contributed by atoms with Gasteiger partial charge in [-0.1, -0.05) is 25.7 Å². The van der Waals surface area contributed by atoms with Gasteiger partial charge in [-0.15, -0.1) is 0 Å². The lowest BCUT2D eigenvalue weighted by Gasteiger charge is -2.14. The second-order valence-corrected chi connectivity index (χ2v) is 12.7. The third-order valence-electron chi connectivity index (χ3n) is 8.67. The molecule has 47 heavy (non-hydrogen) atoms. The van der Waals surface area contributed by atoms with Crippen LogP contribution in [0, 0.1) is 13.8 Å². The minimum atomic E-state index is 0.514. The van der Waals surface area contributed by atoms with E-state index in [0.717, 1.165) is 65.2 Å². The van der Waals surface area contributed by atoms with Crippen LogP contribution in [0.1, 0.15) is 82.0 Å². The summed E-state index contributed by atoms with van der Waals surface area (Å²) in [7, 11) is 0. The molecular formula is C37H48N8O2. The van der Waals surface area contributed by atoms with Gasteiger partial charge in [0.2, 0.25) is 11.9 Å². The Labute approximate surface area is 278 Å². The maximum absolute atomic E-state index is 5.97. The molecule has 2 heterocycles. The fourth-order valence-corrected chi connectivity index (χ4v) is 6.24. The molecule has 0 unspecified atom stereocenters. The molecule has 0 atom stereocenters. The van der Waals surface area contributed by atoms with Crippen molar-refractivity contribution in [1.29, 1.82) is 0 Å². The topological polar surface area (TPSA) is 118 Å². The zero-order valence-corrected chi connectivity index (χ0v) is 27.7. The van der Waals surface area contributed by atoms with Crippen molar-refractivity contribution in [3.8, 4) is 11.5 Å². The molecular weight excluding hydrogens is 588 g/mol. The predicted molar refractivity (Wildman–Crippen MR) is 190 cm³/mol. The first kappa shape index (κ1) is 32.3. The zero-order valence-electron chi connectivity index (χ0n) is 27.7. The van der Waals surface area contributed by atoms with Gasteiger partial charge in [-0.05, 0) is 107 Å². The second kappa shape index (κ2) is 16.3. The standard InChI is InChI=1S/C37H48N8O2/c1-26-24-34(40-28-10-4-5-11-28)44-36(38-26)42-30-14-18-32(19-15-30)46-22-8-3-9-23-47-33-20-16-31(17-21-33)43-37-39-27(2)25-35(45-37)41-29-12-6-7-13-29/h14-21,24-25,28-29H,3-13,22-23H2,1-2H3,(H2,38,40,42,44)(H2,39,41,43,45). The molecule has 2 saturated carbocycles. The third kappa shape index (κ3) is 10.2. The molecule has 0 aliphatic heterocycles. The number of rotatable bonds is 16. The molecule has 4 N–H and O–H groups in total. The minimum absolute atomic E-state index is 0.514. The lowest BCUT2D eigenvalue weighted by molar-refractivity contribution is 0.279. The number of nitrogens with one attached hydrogen (secondary N) is 4. The Morgan fingerprint density at radius 3 is 1.36 bits per heavy atom. The van der Waals surface area contributed by atoms with Gasteiger partial charge in [0.25, 0.3) is 0 Å². The van der Waals surface area contributed by atoms with Crippen LogP contribution in [0.5, 0.6) is 11.5 Å². The number of aryl methyl sites for hydroxylation is 2. The lowest BCUT2D eigenvalue weighted by atomic mass is 10.2. The molecule has 0 radical (unpaired) electrons. The van der Waals surface area contributed by atoms with Crippen LogP contribution in [-0.4, -0.2) is 45.2 Å². The summed E-state index contributed by atoms with van der Waals surface area (Å²) in [4.78, 5) is 18.5. The number of unbranched alkanes of at least 4 members (excludes halogenated alkanes) is 2. The highest BCUT2D eigenvalue weighted by molar-refractivity contribution is 5.57. The van der Waals surface area contributed by atoms with Gasteiger partial charge >= 0.3 is 0 Å². The average molecular weight is 637 g/mol. The SMILES string of the molecule is Cc1cc(NC2CCCC2)nc(Nc2ccc(OCCCCCOc3ccc(Nc4nc(C)cc(NC5CCCC5)n4)cc3)cc2)n1. The smallest absolute Gasteiger partial charge is 0.229 e. The van der Waals surface area contributed by atoms with Crippen molar-refractivity contribution in [2.45, 2.75) is 96.6 Å². The van der Waals surface area contributed by atoms with Gasteiger partial charge in [-0.2, -0.15) is 9.97 Å². The Hall–Kier alpha value is -4.60. The van der Waals surface area contributed by atoms with Crippen molar-refractivity contribution in [2.24, 2.45) is 0 Å². The summed E-state index contributed by atoms with van der Waals surface area (Å²) in [5.41, 5.74) is 3.74. The molecule has 10 nitrogen and oxygen atoms in total. The third-order valence-corrected chi connectivity index (χ3v) is 8.67. The lowest BCUT2D eigenvalue weighted by Crippen LogP contribution is -2.16. The Morgan fingerprint density at radius 1 is 0.553 bits per heavy atom. The van der Waals surface area contributed by atoms with Crippen molar-refractivity contribution in [2.75, 3.05) is 34.5 Å². The highest BCUT2D eigenvalue weighted by atomic mass is 16.5. The number of nitrogens with zero attached hydrogens (tertiary/aromatic N) is 4. The van der Waals surface area contributed by atoms with Crippen LogP contribution in [0.2, 0.25) is 0 Å². The molecule has 248 valence electrons. The highest BCUT2D eigenvalue weighted by Gasteiger charge is 2.17. The van der Waals surface area contributed by atoms with E-state index in [4.69, 9.17) is 9.47 Å². The number of anilines is 6. The van der Waals surface area contributed by atoms with E-state index in [1.165, 1.54) is 51.4 Å². The van der Waals surface area contributed by atoms with E-state index in [9.17, 15) is 0 Å². The summed E-state index contributed by atoms with van der Waals surface area (Å²) < 4.78 is 11.9. The van der Waals surface area contributed by atoms with E-state index >= 15 is 0 Å². The van der Waals surface area contributed by atoms with Crippen LogP contribution in [0.25, 0.3) is 0 Å². The zero-order chi connectivity index (χ0) is 32.3. The summed E-state index contributed by atoms with van der Waals surface area (Å²) >= 11 is 0. The molecule has 2 aliphatic rings. The molecule has 0 spiro atoms. The first-order valence-corrected chi connectivity index (χ1v) is 17.3. The molecule has 0 amide bonds. The maximum Gasteiger partial charge on any atom is 0.229 e. The van der Waals surface area contributed by atoms with E-state index in [1.54, 1.807) is 0 Å².